The van der Waals surface area contributed by atoms with Gasteiger partial charge in [-0.3, -0.25) is 19.9 Å². The maximum atomic E-state index is 15.5. The van der Waals surface area contributed by atoms with E-state index in [0.717, 1.165) is 6.07 Å². The van der Waals surface area contributed by atoms with E-state index in [1.54, 1.807) is 0 Å². The summed E-state index contributed by atoms with van der Waals surface area (Å²) in [6, 6.07) is 4.97. The number of hydrogen-bond acceptors (Lipinski definition) is 7. The lowest BCUT2D eigenvalue weighted by molar-refractivity contribution is -0.150. The zero-order chi connectivity index (χ0) is 28.4. The van der Waals surface area contributed by atoms with Crippen molar-refractivity contribution >= 4 is 35.1 Å². The fourth-order valence-corrected chi connectivity index (χ4v) is 5.26. The van der Waals surface area contributed by atoms with E-state index in [1.165, 1.54) is 24.4 Å². The van der Waals surface area contributed by atoms with Crippen LogP contribution in [-0.4, -0.2) is 46.8 Å². The highest BCUT2D eigenvalue weighted by atomic mass is 35.5. The molecule has 0 spiro atoms. The number of esters is 1. The van der Waals surface area contributed by atoms with E-state index in [4.69, 9.17) is 33.7 Å². The average Bonchev–Trinajstić information content (AvgIpc) is 3.11. The molecule has 1 amide bonds. The second-order valence-electron chi connectivity index (χ2n) is 10.5. The zero-order valence-corrected chi connectivity index (χ0v) is 22.5. The van der Waals surface area contributed by atoms with Crippen molar-refractivity contribution in [3.05, 3.63) is 63.4 Å². The van der Waals surface area contributed by atoms with Gasteiger partial charge in [0, 0.05) is 18.2 Å². The molecule has 38 heavy (non-hydrogen) atoms. The Morgan fingerprint density at radius 3 is 2.61 bits per heavy atom. The van der Waals surface area contributed by atoms with Crippen LogP contribution in [0.25, 0.3) is 0 Å². The monoisotopic (exact) mass is 568 g/mol. The van der Waals surface area contributed by atoms with Gasteiger partial charge in [-0.15, -0.1) is 0 Å². The van der Waals surface area contributed by atoms with Crippen LogP contribution in [0.2, 0.25) is 10.0 Å². The Morgan fingerprint density at radius 1 is 1.34 bits per heavy atom. The second kappa shape index (κ2) is 11.5. The van der Waals surface area contributed by atoms with E-state index in [-0.39, 0.29) is 27.7 Å². The lowest BCUT2D eigenvalue weighted by atomic mass is 9.64. The first-order valence-electron chi connectivity index (χ1n) is 11.8. The van der Waals surface area contributed by atoms with E-state index in [2.05, 4.69) is 16.4 Å². The van der Waals surface area contributed by atoms with Crippen molar-refractivity contribution in [1.82, 2.24) is 10.3 Å². The first kappa shape index (κ1) is 29.7. The molecule has 0 saturated carbocycles. The number of nitriles is 1. The normalized spacial score (nSPS) is 24.0. The quantitative estimate of drug-likeness (QED) is 0.412. The molecule has 0 radical (unpaired) electrons. The van der Waals surface area contributed by atoms with Gasteiger partial charge in [-0.05, 0) is 29.5 Å². The number of primary amides is 1. The second-order valence-corrected chi connectivity index (χ2v) is 11.3. The third-order valence-corrected chi connectivity index (χ3v) is 6.88. The van der Waals surface area contributed by atoms with Gasteiger partial charge in [0.25, 0.3) is 0 Å². The van der Waals surface area contributed by atoms with Crippen molar-refractivity contribution in [3.8, 4) is 6.07 Å². The minimum Gasteiger partial charge on any atom is -0.462 e. The third kappa shape index (κ3) is 6.07. The van der Waals surface area contributed by atoms with Gasteiger partial charge in [-0.25, -0.2) is 8.78 Å². The molecular formula is C26H28Cl2F2N4O4. The van der Waals surface area contributed by atoms with Crippen molar-refractivity contribution in [2.45, 2.75) is 63.1 Å². The lowest BCUT2D eigenvalue weighted by Crippen LogP contribution is -2.45. The van der Waals surface area contributed by atoms with Gasteiger partial charge in [0.2, 0.25) is 5.91 Å². The summed E-state index contributed by atoms with van der Waals surface area (Å²) in [7, 11) is 0. The third-order valence-electron chi connectivity index (χ3n) is 6.38. The zero-order valence-electron chi connectivity index (χ0n) is 21.0. The summed E-state index contributed by atoms with van der Waals surface area (Å²) in [5.41, 5.74) is 2.28. The molecule has 0 unspecified atom stereocenters. The van der Waals surface area contributed by atoms with E-state index < -0.39 is 71.5 Å². The molecule has 8 nitrogen and oxygen atoms in total. The summed E-state index contributed by atoms with van der Waals surface area (Å²) in [5.74, 6) is -4.91. The number of aromatic nitrogens is 1. The molecule has 2 aromatic rings. The number of pyridine rings is 1. The number of halogens is 4. The number of rotatable bonds is 8. The van der Waals surface area contributed by atoms with E-state index >= 15 is 8.78 Å². The lowest BCUT2D eigenvalue weighted by Gasteiger charge is -2.36. The predicted molar refractivity (Wildman–Crippen MR) is 136 cm³/mol. The van der Waals surface area contributed by atoms with Gasteiger partial charge in [0.1, 0.15) is 29.7 Å². The topological polar surface area (TPSA) is 138 Å². The van der Waals surface area contributed by atoms with Gasteiger partial charge in [-0.2, -0.15) is 5.26 Å². The Balaban J connectivity index is 2.23. The fraction of sp³-hybridized carbons (Fsp3) is 0.462. The van der Waals surface area contributed by atoms with Crippen LogP contribution < -0.4 is 11.1 Å². The molecule has 1 saturated heterocycles. The van der Waals surface area contributed by atoms with Crippen molar-refractivity contribution in [3.63, 3.8) is 0 Å². The first-order valence-corrected chi connectivity index (χ1v) is 12.5. The molecule has 1 fully saturated rings. The van der Waals surface area contributed by atoms with Crippen LogP contribution in [-0.2, 0) is 19.7 Å². The van der Waals surface area contributed by atoms with Gasteiger partial charge < -0.3 is 15.6 Å². The molecule has 2 heterocycles. The van der Waals surface area contributed by atoms with Crippen molar-refractivity contribution in [2.75, 3.05) is 6.61 Å². The van der Waals surface area contributed by atoms with Gasteiger partial charge in [0.05, 0.1) is 34.3 Å². The molecule has 0 bridgehead atoms. The van der Waals surface area contributed by atoms with Crippen LogP contribution >= 0.6 is 23.2 Å². The average molecular weight is 569 g/mol. The van der Waals surface area contributed by atoms with Crippen molar-refractivity contribution < 1.29 is 28.2 Å². The summed E-state index contributed by atoms with van der Waals surface area (Å²) >= 11 is 12.0. The molecule has 1 aliphatic heterocycles. The van der Waals surface area contributed by atoms with Crippen molar-refractivity contribution in [2.24, 2.45) is 11.1 Å². The number of hydrogen-bond donors (Lipinski definition) is 3. The number of nitrogens with one attached hydrogen (secondary N) is 1. The number of nitrogens with two attached hydrogens (primary N) is 1. The number of carbonyl (C=O) groups excluding carboxylic acids is 2. The maximum Gasteiger partial charge on any atom is 0.323 e. The number of ether oxygens (including phenoxy) is 1. The molecule has 12 heteroatoms. The summed E-state index contributed by atoms with van der Waals surface area (Å²) < 4.78 is 36.3. The predicted octanol–water partition coefficient (Wildman–Crippen LogP) is 3.77. The molecule has 1 aromatic heterocycles. The van der Waals surface area contributed by atoms with Crippen molar-refractivity contribution in [1.29, 1.82) is 5.26 Å². The number of amides is 1. The van der Waals surface area contributed by atoms with Crippen LogP contribution in [0.5, 0.6) is 0 Å². The molecule has 0 aliphatic carbocycles. The summed E-state index contributed by atoms with van der Waals surface area (Å²) in [6.45, 7) is 5.09. The number of aliphatic hydroxyl groups is 1. The Bertz CT molecular complexity index is 1270. The standard InChI is InChI=1S/C26H28Cl2F2N4O4/c1-25(2,3)9-18-26(12-31,23-17(29)7-13(27)10-33-23)20(15-5-4-6-16(28)21(15)30)22(34-18)24(37)38-11-14(35)8-19(32)36/h4-7,10,14,18,20,22,34-35H,8-9,11H2,1-3H3,(H2,32,36)/t14-,18-,20-,22+,26-/m0/s1. The minimum absolute atomic E-state index is 0.0115. The number of carbonyl (C=O) groups is 2. The maximum absolute atomic E-state index is 15.5. The number of nitrogens with zero attached hydrogens (tertiary/aromatic N) is 2. The van der Waals surface area contributed by atoms with Gasteiger partial charge in [-0.1, -0.05) is 56.1 Å². The minimum atomic E-state index is -1.91. The highest BCUT2D eigenvalue weighted by Crippen LogP contribution is 2.52. The molecule has 1 aromatic carbocycles. The van der Waals surface area contributed by atoms with Crippen LogP contribution in [0, 0.1) is 28.4 Å². The highest BCUT2D eigenvalue weighted by molar-refractivity contribution is 6.31. The Kier molecular flexibility index (Phi) is 8.99. The number of aliphatic hydroxyl groups excluding tert-OH is 1. The first-order chi connectivity index (χ1) is 17.7. The molecule has 1 aliphatic rings. The van der Waals surface area contributed by atoms with Crippen LogP contribution in [0.1, 0.15) is 50.8 Å². The molecule has 4 N–H and O–H groups in total. The molecule has 204 valence electrons. The van der Waals surface area contributed by atoms with Gasteiger partial charge in [0.15, 0.2) is 0 Å². The Labute approximate surface area is 229 Å². The SMILES string of the molecule is CC(C)(C)C[C@@H]1N[C@@H](C(=O)OC[C@@H](O)CC(N)=O)[C@H](c2cccc(Cl)c2F)[C@@]1(C#N)c1ncc(Cl)cc1F. The highest BCUT2D eigenvalue weighted by Gasteiger charge is 2.62. The summed E-state index contributed by atoms with van der Waals surface area (Å²) in [5, 5.41) is 23.5. The largest absolute Gasteiger partial charge is 0.462 e. The molecular weight excluding hydrogens is 541 g/mol. The number of benzene rings is 1. The van der Waals surface area contributed by atoms with Gasteiger partial charge >= 0.3 is 5.97 Å². The van der Waals surface area contributed by atoms with E-state index in [0.29, 0.717) is 0 Å². The Morgan fingerprint density at radius 2 is 2.03 bits per heavy atom. The summed E-state index contributed by atoms with van der Waals surface area (Å²) in [6.07, 6.45) is -0.408. The smallest absolute Gasteiger partial charge is 0.323 e. The van der Waals surface area contributed by atoms with Crippen LogP contribution in [0.15, 0.2) is 30.5 Å². The van der Waals surface area contributed by atoms with Crippen LogP contribution in [0.4, 0.5) is 8.78 Å². The summed E-state index contributed by atoms with van der Waals surface area (Å²) in [4.78, 5) is 28.6. The van der Waals surface area contributed by atoms with Crippen LogP contribution in [0.3, 0.4) is 0 Å². The van der Waals surface area contributed by atoms with E-state index in [1.807, 2.05) is 20.8 Å². The Hall–Kier alpha value is -2.84. The molecule has 3 rings (SSSR count). The fourth-order valence-electron chi connectivity index (χ4n) is 4.94. The molecule has 5 atom stereocenters. The van der Waals surface area contributed by atoms with E-state index in [9.17, 15) is 20.0 Å².